The lowest BCUT2D eigenvalue weighted by Crippen LogP contribution is -2.52. The van der Waals surface area contributed by atoms with Crippen LogP contribution in [0.4, 0.5) is 5.69 Å². The highest BCUT2D eigenvalue weighted by atomic mass is 16.5. The number of rotatable bonds is 8. The van der Waals surface area contributed by atoms with Crippen LogP contribution in [0, 0.1) is 11.8 Å². The van der Waals surface area contributed by atoms with Crippen LogP contribution in [-0.4, -0.2) is 54.5 Å². The molecule has 0 saturated carbocycles. The first-order valence-corrected chi connectivity index (χ1v) is 9.42. The summed E-state index contributed by atoms with van der Waals surface area (Å²) in [5.41, 5.74) is 0.665. The molecule has 0 bridgehead atoms. The van der Waals surface area contributed by atoms with Crippen molar-refractivity contribution in [1.82, 2.24) is 10.6 Å². The Morgan fingerprint density at radius 3 is 2.28 bits per heavy atom. The maximum atomic E-state index is 12.5. The molecular weight excluding hydrogens is 378 g/mol. The van der Waals surface area contributed by atoms with Crippen molar-refractivity contribution in [2.24, 2.45) is 11.8 Å². The normalized spacial score (nSPS) is 18.3. The van der Waals surface area contributed by atoms with Gasteiger partial charge < -0.3 is 25.4 Å². The molecule has 1 aromatic rings. The number of hydrogen-bond donors (Lipinski definition) is 3. The van der Waals surface area contributed by atoms with E-state index in [1.807, 2.05) is 0 Å². The molecule has 1 heterocycles. The van der Waals surface area contributed by atoms with Gasteiger partial charge in [0.15, 0.2) is 0 Å². The molecule has 1 fully saturated rings. The molecule has 0 spiro atoms. The highest BCUT2D eigenvalue weighted by molar-refractivity contribution is 6.01. The van der Waals surface area contributed by atoms with Crippen LogP contribution in [0.2, 0.25) is 0 Å². The Morgan fingerprint density at radius 2 is 1.76 bits per heavy atom. The topological polar surface area (TPSA) is 125 Å². The molecule has 0 aromatic heterocycles. The van der Waals surface area contributed by atoms with Crippen molar-refractivity contribution in [2.45, 2.75) is 39.3 Å². The molecule has 3 atom stereocenters. The van der Waals surface area contributed by atoms with E-state index < -0.39 is 35.8 Å². The summed E-state index contributed by atoms with van der Waals surface area (Å²) in [4.78, 5) is 49.9. The van der Waals surface area contributed by atoms with Crippen molar-refractivity contribution in [3.8, 4) is 5.75 Å². The van der Waals surface area contributed by atoms with Gasteiger partial charge in [0.25, 0.3) is 0 Å². The maximum Gasteiger partial charge on any atom is 0.326 e. The summed E-state index contributed by atoms with van der Waals surface area (Å²) in [7, 11) is 1.55. The SMILES string of the molecule is COc1ccc(N2C[C@H](C(=O)N[C@@H](C)C(=O)N[C@H](C(=O)O)C(C)C)CC2=O)cc1. The Morgan fingerprint density at radius 1 is 1.14 bits per heavy atom. The summed E-state index contributed by atoms with van der Waals surface area (Å²) >= 11 is 0. The molecular formula is C20H27N3O6. The molecule has 158 valence electrons. The van der Waals surface area contributed by atoms with Crippen molar-refractivity contribution in [3.05, 3.63) is 24.3 Å². The van der Waals surface area contributed by atoms with Crippen molar-refractivity contribution < 1.29 is 29.0 Å². The predicted molar refractivity (Wildman–Crippen MR) is 105 cm³/mol. The summed E-state index contributed by atoms with van der Waals surface area (Å²) in [6.07, 6.45) is 0.0376. The van der Waals surface area contributed by atoms with Crippen LogP contribution in [0.3, 0.4) is 0 Å². The van der Waals surface area contributed by atoms with Crippen LogP contribution in [-0.2, 0) is 19.2 Å². The van der Waals surface area contributed by atoms with Gasteiger partial charge in [0.2, 0.25) is 17.7 Å². The summed E-state index contributed by atoms with van der Waals surface area (Å²) < 4.78 is 5.10. The van der Waals surface area contributed by atoms with Crippen LogP contribution >= 0.6 is 0 Å². The summed E-state index contributed by atoms with van der Waals surface area (Å²) in [5, 5.41) is 14.2. The predicted octanol–water partition coefficient (Wildman–Crippen LogP) is 0.778. The number of nitrogens with one attached hydrogen (secondary N) is 2. The van der Waals surface area contributed by atoms with E-state index >= 15 is 0 Å². The van der Waals surface area contributed by atoms with Gasteiger partial charge in [0.1, 0.15) is 17.8 Å². The number of carboxylic acids is 1. The van der Waals surface area contributed by atoms with E-state index in [0.29, 0.717) is 11.4 Å². The lowest BCUT2D eigenvalue weighted by Gasteiger charge is -2.22. The molecule has 3 N–H and O–H groups in total. The van der Waals surface area contributed by atoms with Crippen LogP contribution in [0.5, 0.6) is 5.75 Å². The number of carbonyl (C=O) groups excluding carboxylic acids is 3. The number of benzene rings is 1. The highest BCUT2D eigenvalue weighted by Gasteiger charge is 2.36. The zero-order chi connectivity index (χ0) is 21.7. The zero-order valence-corrected chi connectivity index (χ0v) is 17.0. The monoisotopic (exact) mass is 405 g/mol. The summed E-state index contributed by atoms with van der Waals surface area (Å²) in [6.45, 7) is 5.04. The largest absolute Gasteiger partial charge is 0.497 e. The van der Waals surface area contributed by atoms with Crippen molar-refractivity contribution in [3.63, 3.8) is 0 Å². The van der Waals surface area contributed by atoms with Gasteiger partial charge in [-0.2, -0.15) is 0 Å². The number of methoxy groups -OCH3 is 1. The lowest BCUT2D eigenvalue weighted by atomic mass is 10.0. The van der Waals surface area contributed by atoms with E-state index in [-0.39, 0.29) is 24.8 Å². The number of ether oxygens (including phenoxy) is 1. The molecule has 9 nitrogen and oxygen atoms in total. The second-order valence-corrected chi connectivity index (χ2v) is 7.40. The van der Waals surface area contributed by atoms with Crippen LogP contribution in [0.15, 0.2) is 24.3 Å². The minimum Gasteiger partial charge on any atom is -0.497 e. The van der Waals surface area contributed by atoms with E-state index in [1.165, 1.54) is 11.8 Å². The molecule has 1 aromatic carbocycles. The number of nitrogens with zero attached hydrogens (tertiary/aromatic N) is 1. The Balaban J connectivity index is 1.95. The molecule has 0 aliphatic carbocycles. The number of carbonyl (C=O) groups is 4. The van der Waals surface area contributed by atoms with Gasteiger partial charge in [-0.1, -0.05) is 13.8 Å². The molecule has 1 aliphatic heterocycles. The van der Waals surface area contributed by atoms with Gasteiger partial charge in [0.05, 0.1) is 13.0 Å². The van der Waals surface area contributed by atoms with E-state index in [2.05, 4.69) is 10.6 Å². The molecule has 2 rings (SSSR count). The fraction of sp³-hybridized carbons (Fsp3) is 0.500. The number of amides is 3. The minimum atomic E-state index is -1.14. The fourth-order valence-corrected chi connectivity index (χ4v) is 3.08. The second kappa shape index (κ2) is 9.40. The average Bonchev–Trinajstić information content (AvgIpc) is 3.07. The molecule has 0 unspecified atom stereocenters. The quantitative estimate of drug-likeness (QED) is 0.587. The zero-order valence-electron chi connectivity index (χ0n) is 17.0. The van der Waals surface area contributed by atoms with Gasteiger partial charge in [0, 0.05) is 18.7 Å². The molecule has 3 amide bonds. The first-order valence-electron chi connectivity index (χ1n) is 9.42. The van der Waals surface area contributed by atoms with Gasteiger partial charge in [-0.25, -0.2) is 4.79 Å². The smallest absolute Gasteiger partial charge is 0.326 e. The van der Waals surface area contributed by atoms with Crippen molar-refractivity contribution in [2.75, 3.05) is 18.6 Å². The Hall–Kier alpha value is -3.10. The number of carboxylic acid groups (broad SMARTS) is 1. The standard InChI is InChI=1S/C20H27N3O6/c1-11(2)17(20(27)28)22-18(25)12(3)21-19(26)13-9-16(24)23(10-13)14-5-7-15(29-4)8-6-14/h5-8,11-13,17H,9-10H2,1-4H3,(H,21,26)(H,22,25)(H,27,28)/t12-,13+,17-/m0/s1. The highest BCUT2D eigenvalue weighted by Crippen LogP contribution is 2.27. The number of hydrogen-bond acceptors (Lipinski definition) is 5. The molecule has 29 heavy (non-hydrogen) atoms. The molecule has 1 saturated heterocycles. The van der Waals surface area contributed by atoms with E-state index in [9.17, 15) is 24.3 Å². The lowest BCUT2D eigenvalue weighted by molar-refractivity contribution is -0.143. The third-order valence-electron chi connectivity index (χ3n) is 4.86. The first-order chi connectivity index (χ1) is 13.6. The number of aliphatic carboxylic acids is 1. The summed E-state index contributed by atoms with van der Waals surface area (Å²) in [5.74, 6) is -2.56. The van der Waals surface area contributed by atoms with E-state index in [1.54, 1.807) is 45.2 Å². The van der Waals surface area contributed by atoms with Crippen molar-refractivity contribution in [1.29, 1.82) is 0 Å². The second-order valence-electron chi connectivity index (χ2n) is 7.40. The Labute approximate surface area is 169 Å². The Bertz CT molecular complexity index is 777. The average molecular weight is 405 g/mol. The fourth-order valence-electron chi connectivity index (χ4n) is 3.08. The van der Waals surface area contributed by atoms with E-state index in [0.717, 1.165) is 0 Å². The first kappa shape index (κ1) is 22.2. The van der Waals surface area contributed by atoms with Gasteiger partial charge in [-0.3, -0.25) is 14.4 Å². The minimum absolute atomic E-state index is 0.0376. The molecule has 1 aliphatic rings. The Kier molecular flexibility index (Phi) is 7.19. The van der Waals surface area contributed by atoms with E-state index in [4.69, 9.17) is 4.74 Å². The third-order valence-corrected chi connectivity index (χ3v) is 4.86. The molecule has 0 radical (unpaired) electrons. The third kappa shape index (κ3) is 5.46. The van der Waals surface area contributed by atoms with Gasteiger partial charge in [-0.15, -0.1) is 0 Å². The number of anilines is 1. The summed E-state index contributed by atoms with van der Waals surface area (Å²) in [6, 6.07) is 4.98. The van der Waals surface area contributed by atoms with Crippen molar-refractivity contribution >= 4 is 29.4 Å². The van der Waals surface area contributed by atoms with Gasteiger partial charge >= 0.3 is 5.97 Å². The molecule has 9 heteroatoms. The van der Waals surface area contributed by atoms with Crippen LogP contribution in [0.25, 0.3) is 0 Å². The van der Waals surface area contributed by atoms with Crippen LogP contribution in [0.1, 0.15) is 27.2 Å². The maximum absolute atomic E-state index is 12.5. The van der Waals surface area contributed by atoms with Crippen LogP contribution < -0.4 is 20.3 Å². The van der Waals surface area contributed by atoms with Gasteiger partial charge in [-0.05, 0) is 37.1 Å².